The maximum absolute atomic E-state index is 12.9. The molecule has 0 bridgehead atoms. The Morgan fingerprint density at radius 3 is 2.77 bits per heavy atom. The van der Waals surface area contributed by atoms with E-state index in [4.69, 9.17) is 0 Å². The molecule has 22 heavy (non-hydrogen) atoms. The summed E-state index contributed by atoms with van der Waals surface area (Å²) in [7, 11) is -2.51. The molecule has 8 heteroatoms. The molecule has 1 aromatic heterocycles. The first-order valence-electron chi connectivity index (χ1n) is 6.79. The number of carbonyl (C=O) groups is 1. The molecular weight excluding hydrogens is 306 g/mol. The second kappa shape index (κ2) is 5.13. The SMILES string of the molecule is Cn1cc(C(=O)O)c(S(=O)(=O)N2CCCc3ccccc32)n1. The zero-order chi connectivity index (χ0) is 15.9. The summed E-state index contributed by atoms with van der Waals surface area (Å²) >= 11 is 0. The number of aromatic nitrogens is 2. The van der Waals surface area contributed by atoms with Crippen molar-refractivity contribution in [3.63, 3.8) is 0 Å². The molecule has 1 aliphatic heterocycles. The number of para-hydroxylation sites is 1. The van der Waals surface area contributed by atoms with E-state index >= 15 is 0 Å². The number of anilines is 1. The Balaban J connectivity index is 2.15. The quantitative estimate of drug-likeness (QED) is 0.918. The molecule has 0 aliphatic carbocycles. The van der Waals surface area contributed by atoms with Gasteiger partial charge in [0, 0.05) is 19.8 Å². The number of fused-ring (bicyclic) bond motifs is 1. The van der Waals surface area contributed by atoms with Crippen molar-refractivity contribution in [3.8, 4) is 0 Å². The van der Waals surface area contributed by atoms with E-state index in [1.165, 1.54) is 22.2 Å². The normalized spacial score (nSPS) is 14.7. The smallest absolute Gasteiger partial charge is 0.340 e. The average molecular weight is 321 g/mol. The largest absolute Gasteiger partial charge is 0.478 e. The lowest BCUT2D eigenvalue weighted by Crippen LogP contribution is -2.36. The fraction of sp³-hybridized carbons (Fsp3) is 0.286. The highest BCUT2D eigenvalue weighted by molar-refractivity contribution is 7.92. The van der Waals surface area contributed by atoms with E-state index in [0.717, 1.165) is 12.0 Å². The number of benzene rings is 1. The molecule has 0 atom stereocenters. The Bertz CT molecular complexity index is 842. The number of sulfonamides is 1. The minimum atomic E-state index is -4.01. The number of hydrogen-bond acceptors (Lipinski definition) is 4. The van der Waals surface area contributed by atoms with Crippen LogP contribution in [0, 0.1) is 0 Å². The molecule has 0 amide bonds. The third kappa shape index (κ3) is 2.25. The molecule has 0 radical (unpaired) electrons. The summed E-state index contributed by atoms with van der Waals surface area (Å²) in [5, 5.41) is 12.6. The van der Waals surface area contributed by atoms with E-state index in [-0.39, 0.29) is 5.56 Å². The molecule has 7 nitrogen and oxygen atoms in total. The molecule has 0 saturated heterocycles. The minimum absolute atomic E-state index is 0.314. The van der Waals surface area contributed by atoms with Gasteiger partial charge in [0.2, 0.25) is 5.03 Å². The predicted molar refractivity (Wildman–Crippen MR) is 79.5 cm³/mol. The molecular formula is C14H15N3O4S. The van der Waals surface area contributed by atoms with Gasteiger partial charge in [-0.1, -0.05) is 18.2 Å². The summed E-state index contributed by atoms with van der Waals surface area (Å²) < 4.78 is 28.2. The molecule has 0 fully saturated rings. The first-order chi connectivity index (χ1) is 10.4. The number of carboxylic acid groups (broad SMARTS) is 1. The lowest BCUT2D eigenvalue weighted by atomic mass is 10.0. The van der Waals surface area contributed by atoms with E-state index in [9.17, 15) is 18.3 Å². The number of carboxylic acids is 1. The van der Waals surface area contributed by atoms with Gasteiger partial charge < -0.3 is 5.11 Å². The van der Waals surface area contributed by atoms with Crippen molar-refractivity contribution in [1.29, 1.82) is 0 Å². The Hall–Kier alpha value is -2.35. The summed E-state index contributed by atoms with van der Waals surface area (Å²) in [5.74, 6) is -1.31. The summed E-state index contributed by atoms with van der Waals surface area (Å²) in [6.07, 6.45) is 2.69. The lowest BCUT2D eigenvalue weighted by Gasteiger charge is -2.29. The van der Waals surface area contributed by atoms with Crippen molar-refractivity contribution in [2.45, 2.75) is 17.9 Å². The van der Waals surface area contributed by atoms with Crippen molar-refractivity contribution < 1.29 is 18.3 Å². The van der Waals surface area contributed by atoms with Gasteiger partial charge in [-0.3, -0.25) is 8.99 Å². The summed E-state index contributed by atoms with van der Waals surface area (Å²) in [6, 6.07) is 7.24. The van der Waals surface area contributed by atoms with Gasteiger partial charge in [0.05, 0.1) is 5.69 Å². The van der Waals surface area contributed by atoms with E-state index in [1.54, 1.807) is 12.1 Å². The zero-order valence-corrected chi connectivity index (χ0v) is 12.7. The van der Waals surface area contributed by atoms with E-state index in [2.05, 4.69) is 5.10 Å². The van der Waals surface area contributed by atoms with E-state index in [1.807, 2.05) is 12.1 Å². The second-order valence-corrected chi connectivity index (χ2v) is 6.91. The monoisotopic (exact) mass is 321 g/mol. The molecule has 116 valence electrons. The highest BCUT2D eigenvalue weighted by atomic mass is 32.2. The highest BCUT2D eigenvalue weighted by Gasteiger charge is 2.34. The van der Waals surface area contributed by atoms with Crippen molar-refractivity contribution in [3.05, 3.63) is 41.6 Å². The maximum Gasteiger partial charge on any atom is 0.340 e. The first kappa shape index (κ1) is 14.6. The number of aromatic carboxylic acids is 1. The predicted octanol–water partition coefficient (Wildman–Crippen LogP) is 1.26. The second-order valence-electron chi connectivity index (χ2n) is 5.14. The van der Waals surface area contributed by atoms with Crippen LogP contribution in [-0.2, 0) is 23.5 Å². The average Bonchev–Trinajstić information content (AvgIpc) is 2.90. The fourth-order valence-electron chi connectivity index (χ4n) is 2.66. The Kier molecular flexibility index (Phi) is 3.40. The van der Waals surface area contributed by atoms with Crippen LogP contribution in [0.5, 0.6) is 0 Å². The Morgan fingerprint density at radius 2 is 2.05 bits per heavy atom. The van der Waals surface area contributed by atoms with E-state index < -0.39 is 21.0 Å². The van der Waals surface area contributed by atoms with Crippen LogP contribution in [0.4, 0.5) is 5.69 Å². The minimum Gasteiger partial charge on any atom is -0.478 e. The van der Waals surface area contributed by atoms with Gasteiger partial charge in [-0.05, 0) is 24.5 Å². The van der Waals surface area contributed by atoms with Crippen molar-refractivity contribution in [2.24, 2.45) is 7.05 Å². The third-order valence-electron chi connectivity index (χ3n) is 3.63. The molecule has 1 aliphatic rings. The molecule has 2 aromatic rings. The maximum atomic E-state index is 12.9. The van der Waals surface area contributed by atoms with Crippen LogP contribution in [0.3, 0.4) is 0 Å². The van der Waals surface area contributed by atoms with Gasteiger partial charge in [0.15, 0.2) is 0 Å². The molecule has 0 spiro atoms. The molecule has 0 saturated carbocycles. The van der Waals surface area contributed by atoms with Crippen LogP contribution in [0.15, 0.2) is 35.5 Å². The molecule has 2 heterocycles. The summed E-state index contributed by atoms with van der Waals surface area (Å²) in [5.41, 5.74) is 1.21. The van der Waals surface area contributed by atoms with Crippen LogP contribution in [0.1, 0.15) is 22.3 Å². The van der Waals surface area contributed by atoms with Crippen LogP contribution >= 0.6 is 0 Å². The third-order valence-corrected chi connectivity index (χ3v) is 5.38. The molecule has 1 aromatic carbocycles. The number of rotatable bonds is 3. The van der Waals surface area contributed by atoms with Crippen LogP contribution in [0.25, 0.3) is 0 Å². The van der Waals surface area contributed by atoms with Crippen LogP contribution in [0.2, 0.25) is 0 Å². The number of nitrogens with zero attached hydrogens (tertiary/aromatic N) is 3. The fourth-order valence-corrected chi connectivity index (χ4v) is 4.32. The van der Waals surface area contributed by atoms with Crippen molar-refractivity contribution in [1.82, 2.24) is 9.78 Å². The van der Waals surface area contributed by atoms with Gasteiger partial charge in [0.1, 0.15) is 5.56 Å². The standard InChI is InChI=1S/C14H15N3O4S/c1-16-9-11(14(18)19)13(15-16)22(20,21)17-8-4-6-10-5-2-3-7-12(10)17/h2-3,5,7,9H,4,6,8H2,1H3,(H,18,19). The van der Waals surface area contributed by atoms with Gasteiger partial charge in [-0.25, -0.2) is 4.79 Å². The first-order valence-corrected chi connectivity index (χ1v) is 8.23. The summed E-state index contributed by atoms with van der Waals surface area (Å²) in [6.45, 7) is 0.314. The van der Waals surface area contributed by atoms with Gasteiger partial charge in [0.25, 0.3) is 10.0 Å². The topological polar surface area (TPSA) is 92.5 Å². The van der Waals surface area contributed by atoms with Crippen molar-refractivity contribution in [2.75, 3.05) is 10.8 Å². The van der Waals surface area contributed by atoms with Crippen LogP contribution in [-0.4, -0.2) is 35.8 Å². The number of hydrogen-bond donors (Lipinski definition) is 1. The van der Waals surface area contributed by atoms with Gasteiger partial charge in [-0.2, -0.15) is 13.5 Å². The Labute approximate surface area is 127 Å². The summed E-state index contributed by atoms with van der Waals surface area (Å²) in [4.78, 5) is 11.3. The molecule has 1 N–H and O–H groups in total. The van der Waals surface area contributed by atoms with Gasteiger partial charge in [-0.15, -0.1) is 0 Å². The number of aryl methyl sites for hydroxylation is 2. The van der Waals surface area contributed by atoms with Crippen molar-refractivity contribution >= 4 is 21.7 Å². The Morgan fingerprint density at radius 1 is 1.32 bits per heavy atom. The molecule has 3 rings (SSSR count). The van der Waals surface area contributed by atoms with Gasteiger partial charge >= 0.3 is 5.97 Å². The van der Waals surface area contributed by atoms with E-state index in [0.29, 0.717) is 18.7 Å². The zero-order valence-electron chi connectivity index (χ0n) is 11.9. The van der Waals surface area contributed by atoms with Crippen LogP contribution < -0.4 is 4.31 Å². The highest BCUT2D eigenvalue weighted by Crippen LogP contribution is 2.32. The molecule has 0 unspecified atom stereocenters. The lowest BCUT2D eigenvalue weighted by molar-refractivity contribution is 0.0692.